The van der Waals surface area contributed by atoms with Gasteiger partial charge in [-0.15, -0.1) is 0 Å². The number of nitrogens with two attached hydrogens (primary N) is 1. The van der Waals surface area contributed by atoms with Crippen molar-refractivity contribution in [1.82, 2.24) is 0 Å². The van der Waals surface area contributed by atoms with Crippen molar-refractivity contribution in [3.8, 4) is 5.75 Å². The molecule has 1 saturated heterocycles. The summed E-state index contributed by atoms with van der Waals surface area (Å²) in [7, 11) is 0. The van der Waals surface area contributed by atoms with Gasteiger partial charge in [0.25, 0.3) is 0 Å². The second-order valence-electron chi connectivity index (χ2n) is 4.12. The smallest absolute Gasteiger partial charge is 0.119 e. The summed E-state index contributed by atoms with van der Waals surface area (Å²) in [5, 5.41) is 0. The first-order chi connectivity index (χ1) is 7.90. The molecule has 1 heterocycles. The van der Waals surface area contributed by atoms with Gasteiger partial charge in [0.05, 0.1) is 6.61 Å². The van der Waals surface area contributed by atoms with Gasteiger partial charge in [0.1, 0.15) is 12.4 Å². The quantitative estimate of drug-likeness (QED) is 0.844. The summed E-state index contributed by atoms with van der Waals surface area (Å²) >= 11 is 0. The molecule has 0 aromatic heterocycles. The molecule has 2 rings (SSSR count). The Balaban J connectivity index is 2.02. The topological polar surface area (TPSA) is 44.5 Å². The molecule has 0 spiro atoms. The SMILES string of the molecule is NCCOc1cccc(C2CCCOC2)c1. The van der Waals surface area contributed by atoms with E-state index >= 15 is 0 Å². The molecule has 3 heteroatoms. The summed E-state index contributed by atoms with van der Waals surface area (Å²) in [5.41, 5.74) is 6.73. The van der Waals surface area contributed by atoms with E-state index in [1.807, 2.05) is 12.1 Å². The minimum Gasteiger partial charge on any atom is -0.492 e. The van der Waals surface area contributed by atoms with Gasteiger partial charge in [-0.3, -0.25) is 0 Å². The molecule has 0 bridgehead atoms. The molecule has 1 unspecified atom stereocenters. The van der Waals surface area contributed by atoms with Crippen molar-refractivity contribution in [2.45, 2.75) is 18.8 Å². The third-order valence-electron chi connectivity index (χ3n) is 2.88. The van der Waals surface area contributed by atoms with Crippen molar-refractivity contribution in [1.29, 1.82) is 0 Å². The lowest BCUT2D eigenvalue weighted by atomic mass is 9.93. The maximum absolute atomic E-state index is 5.52. The molecule has 1 fully saturated rings. The lowest BCUT2D eigenvalue weighted by Gasteiger charge is -2.22. The number of benzene rings is 1. The van der Waals surface area contributed by atoms with Gasteiger partial charge in [-0.1, -0.05) is 12.1 Å². The van der Waals surface area contributed by atoms with Crippen LogP contribution in [-0.2, 0) is 4.74 Å². The molecular formula is C13H19NO2. The highest BCUT2D eigenvalue weighted by atomic mass is 16.5. The predicted octanol–water partition coefficient (Wildman–Crippen LogP) is 1.92. The Morgan fingerprint density at radius 3 is 3.12 bits per heavy atom. The van der Waals surface area contributed by atoms with Crippen LogP contribution in [0.4, 0.5) is 0 Å². The van der Waals surface area contributed by atoms with Gasteiger partial charge in [-0.2, -0.15) is 0 Å². The van der Waals surface area contributed by atoms with E-state index in [1.165, 1.54) is 12.0 Å². The first-order valence-corrected chi connectivity index (χ1v) is 5.90. The van der Waals surface area contributed by atoms with Crippen LogP contribution in [-0.4, -0.2) is 26.4 Å². The largest absolute Gasteiger partial charge is 0.492 e. The fourth-order valence-electron chi connectivity index (χ4n) is 2.04. The molecule has 16 heavy (non-hydrogen) atoms. The molecule has 1 aromatic rings. The van der Waals surface area contributed by atoms with Crippen molar-refractivity contribution < 1.29 is 9.47 Å². The van der Waals surface area contributed by atoms with Gasteiger partial charge in [0, 0.05) is 19.1 Å². The summed E-state index contributed by atoms with van der Waals surface area (Å²) in [4.78, 5) is 0. The van der Waals surface area contributed by atoms with Crippen molar-refractivity contribution >= 4 is 0 Å². The lowest BCUT2D eigenvalue weighted by Crippen LogP contribution is -2.15. The van der Waals surface area contributed by atoms with Gasteiger partial charge < -0.3 is 15.2 Å². The summed E-state index contributed by atoms with van der Waals surface area (Å²) in [6.45, 7) is 2.86. The molecule has 3 nitrogen and oxygen atoms in total. The van der Waals surface area contributed by atoms with Gasteiger partial charge in [0.2, 0.25) is 0 Å². The van der Waals surface area contributed by atoms with Crippen LogP contribution in [0, 0.1) is 0 Å². The zero-order chi connectivity index (χ0) is 11.2. The summed E-state index contributed by atoms with van der Waals surface area (Å²) in [6.07, 6.45) is 2.36. The Morgan fingerprint density at radius 1 is 1.44 bits per heavy atom. The molecule has 1 aliphatic heterocycles. The highest BCUT2D eigenvalue weighted by Gasteiger charge is 2.16. The second kappa shape index (κ2) is 5.87. The highest BCUT2D eigenvalue weighted by Crippen LogP contribution is 2.27. The van der Waals surface area contributed by atoms with Crippen LogP contribution < -0.4 is 10.5 Å². The number of hydrogen-bond donors (Lipinski definition) is 1. The van der Waals surface area contributed by atoms with Gasteiger partial charge >= 0.3 is 0 Å². The Kier molecular flexibility index (Phi) is 4.19. The van der Waals surface area contributed by atoms with E-state index in [2.05, 4.69) is 12.1 Å². The molecular weight excluding hydrogens is 202 g/mol. The minimum absolute atomic E-state index is 0.523. The highest BCUT2D eigenvalue weighted by molar-refractivity contribution is 5.31. The van der Waals surface area contributed by atoms with Crippen molar-refractivity contribution in [3.63, 3.8) is 0 Å². The molecule has 1 aromatic carbocycles. The van der Waals surface area contributed by atoms with Crippen LogP contribution in [0.3, 0.4) is 0 Å². The van der Waals surface area contributed by atoms with E-state index in [0.717, 1.165) is 25.4 Å². The summed E-state index contributed by atoms with van der Waals surface area (Å²) in [6, 6.07) is 8.27. The average Bonchev–Trinajstić information content (AvgIpc) is 2.38. The number of rotatable bonds is 4. The number of ether oxygens (including phenoxy) is 2. The first-order valence-electron chi connectivity index (χ1n) is 5.90. The predicted molar refractivity (Wildman–Crippen MR) is 63.8 cm³/mol. The van der Waals surface area contributed by atoms with E-state index in [9.17, 15) is 0 Å². The monoisotopic (exact) mass is 221 g/mol. The molecule has 0 radical (unpaired) electrons. The van der Waals surface area contributed by atoms with Crippen LogP contribution in [0.1, 0.15) is 24.3 Å². The maximum atomic E-state index is 5.52. The fourth-order valence-corrected chi connectivity index (χ4v) is 2.04. The zero-order valence-electron chi connectivity index (χ0n) is 9.52. The summed E-state index contributed by atoms with van der Waals surface area (Å²) < 4.78 is 11.0. The van der Waals surface area contributed by atoms with Crippen molar-refractivity contribution in [2.75, 3.05) is 26.4 Å². The molecule has 1 atom stereocenters. The van der Waals surface area contributed by atoms with Crippen LogP contribution in [0.5, 0.6) is 5.75 Å². The Labute approximate surface area is 96.5 Å². The Morgan fingerprint density at radius 2 is 2.38 bits per heavy atom. The average molecular weight is 221 g/mol. The standard InChI is InChI=1S/C13H19NO2/c14-6-8-16-13-5-1-3-11(9-13)12-4-2-7-15-10-12/h1,3,5,9,12H,2,4,6-8,10,14H2. The number of hydrogen-bond acceptors (Lipinski definition) is 3. The second-order valence-corrected chi connectivity index (χ2v) is 4.12. The maximum Gasteiger partial charge on any atom is 0.119 e. The van der Waals surface area contributed by atoms with E-state index in [4.69, 9.17) is 15.2 Å². The van der Waals surface area contributed by atoms with E-state index in [-0.39, 0.29) is 0 Å². The van der Waals surface area contributed by atoms with Crippen LogP contribution in [0.25, 0.3) is 0 Å². The first kappa shape index (κ1) is 11.4. The van der Waals surface area contributed by atoms with E-state index in [0.29, 0.717) is 19.1 Å². The molecule has 0 amide bonds. The minimum atomic E-state index is 0.523. The van der Waals surface area contributed by atoms with E-state index < -0.39 is 0 Å². The fraction of sp³-hybridized carbons (Fsp3) is 0.538. The van der Waals surface area contributed by atoms with Gasteiger partial charge in [0.15, 0.2) is 0 Å². The third kappa shape index (κ3) is 2.97. The van der Waals surface area contributed by atoms with E-state index in [1.54, 1.807) is 0 Å². The molecule has 1 aliphatic rings. The summed E-state index contributed by atoms with van der Waals surface area (Å²) in [5.74, 6) is 1.43. The third-order valence-corrected chi connectivity index (χ3v) is 2.88. The zero-order valence-corrected chi connectivity index (χ0v) is 9.52. The van der Waals surface area contributed by atoms with Gasteiger partial charge in [-0.25, -0.2) is 0 Å². The van der Waals surface area contributed by atoms with Crippen LogP contribution in [0.2, 0.25) is 0 Å². The lowest BCUT2D eigenvalue weighted by molar-refractivity contribution is 0.0804. The molecule has 88 valence electrons. The Hall–Kier alpha value is -1.06. The normalized spacial score (nSPS) is 20.7. The van der Waals surface area contributed by atoms with Crippen molar-refractivity contribution in [3.05, 3.63) is 29.8 Å². The molecule has 0 aliphatic carbocycles. The molecule has 2 N–H and O–H groups in total. The molecule has 0 saturated carbocycles. The van der Waals surface area contributed by atoms with Crippen LogP contribution >= 0.6 is 0 Å². The van der Waals surface area contributed by atoms with Crippen LogP contribution in [0.15, 0.2) is 24.3 Å². The van der Waals surface area contributed by atoms with Gasteiger partial charge in [-0.05, 0) is 30.5 Å². The van der Waals surface area contributed by atoms with Crippen molar-refractivity contribution in [2.24, 2.45) is 5.73 Å². The Bertz CT molecular complexity index is 321.